The topological polar surface area (TPSA) is 186 Å². The number of benzene rings is 4. The molecule has 1 saturated heterocycles. The average molecular weight is 768 g/mol. The Hall–Kier alpha value is -6.05. The van der Waals surface area contributed by atoms with Gasteiger partial charge in [-0.2, -0.15) is 0 Å². The fraction of sp³-hybridized carbons (Fsp3) is 0.326. The first kappa shape index (κ1) is 41.1. The van der Waals surface area contributed by atoms with Crippen LogP contribution in [0.15, 0.2) is 115 Å². The zero-order valence-corrected chi connectivity index (χ0v) is 31.5. The Balaban J connectivity index is 1.58. The van der Waals surface area contributed by atoms with Crippen LogP contribution in [0.3, 0.4) is 0 Å². The number of carbonyl (C=O) groups excluding carboxylic acids is 2. The second-order valence-electron chi connectivity index (χ2n) is 14.6. The molecule has 56 heavy (non-hydrogen) atoms. The SMILES string of the molecule is C[C@H]([C@H](CCc1ccccc1)c1ccc(Oc2ccccc2)cc1)N(CC(=O)OCc1ccccc1)C(=O)[C@H]1OC(C(=O)O)(C(=O)O)O[C@@]1(C(=O)O)C(C)(C)C. The lowest BCUT2D eigenvalue weighted by Gasteiger charge is -2.42. The molecule has 4 aromatic rings. The summed E-state index contributed by atoms with van der Waals surface area (Å²) < 4.78 is 22.5. The van der Waals surface area contributed by atoms with Crippen molar-refractivity contribution in [3.8, 4) is 11.5 Å². The molecular formula is C43H45NO12. The van der Waals surface area contributed by atoms with Crippen LogP contribution in [0.2, 0.25) is 0 Å². The lowest BCUT2D eigenvalue weighted by molar-refractivity contribution is -0.233. The summed E-state index contributed by atoms with van der Waals surface area (Å²) >= 11 is 0. The molecule has 5 rings (SSSR count). The van der Waals surface area contributed by atoms with E-state index in [2.05, 4.69) is 0 Å². The highest BCUT2D eigenvalue weighted by atomic mass is 16.8. The fourth-order valence-electron chi connectivity index (χ4n) is 6.85. The molecule has 294 valence electrons. The second kappa shape index (κ2) is 17.2. The highest BCUT2D eigenvalue weighted by Crippen LogP contribution is 2.49. The lowest BCUT2D eigenvalue weighted by atomic mass is 9.72. The maximum atomic E-state index is 15.0. The van der Waals surface area contributed by atoms with Crippen molar-refractivity contribution in [1.29, 1.82) is 0 Å². The molecule has 0 unspecified atom stereocenters. The number of hydrogen-bond donors (Lipinski definition) is 3. The molecule has 0 saturated carbocycles. The van der Waals surface area contributed by atoms with Crippen LogP contribution in [0, 0.1) is 5.41 Å². The molecular weight excluding hydrogens is 722 g/mol. The minimum Gasteiger partial charge on any atom is -0.479 e. The monoisotopic (exact) mass is 767 g/mol. The van der Waals surface area contributed by atoms with Gasteiger partial charge in [-0.25, -0.2) is 14.4 Å². The first-order valence-corrected chi connectivity index (χ1v) is 18.0. The van der Waals surface area contributed by atoms with E-state index in [-0.39, 0.29) is 6.61 Å². The molecule has 3 N–H and O–H groups in total. The molecule has 1 heterocycles. The van der Waals surface area contributed by atoms with Crippen LogP contribution in [0.1, 0.15) is 56.7 Å². The Morgan fingerprint density at radius 1 is 0.732 bits per heavy atom. The third-order valence-electron chi connectivity index (χ3n) is 9.95. The van der Waals surface area contributed by atoms with E-state index in [1.807, 2.05) is 72.8 Å². The van der Waals surface area contributed by atoms with E-state index in [9.17, 15) is 34.5 Å². The number of carbonyl (C=O) groups is 5. The summed E-state index contributed by atoms with van der Waals surface area (Å²) in [6, 6.07) is 33.8. The largest absolute Gasteiger partial charge is 0.479 e. The molecule has 0 aliphatic carbocycles. The number of rotatable bonds is 16. The van der Waals surface area contributed by atoms with E-state index in [1.165, 1.54) is 20.8 Å². The number of carboxylic acid groups (broad SMARTS) is 3. The van der Waals surface area contributed by atoms with Crippen molar-refractivity contribution in [1.82, 2.24) is 4.90 Å². The predicted molar refractivity (Wildman–Crippen MR) is 202 cm³/mol. The summed E-state index contributed by atoms with van der Waals surface area (Å²) in [7, 11) is 0. The second-order valence-corrected chi connectivity index (χ2v) is 14.6. The van der Waals surface area contributed by atoms with E-state index in [1.54, 1.807) is 49.4 Å². The van der Waals surface area contributed by atoms with E-state index in [0.717, 1.165) is 16.0 Å². The number of aliphatic carboxylic acids is 3. The van der Waals surface area contributed by atoms with Gasteiger partial charge in [0.1, 0.15) is 24.7 Å². The Morgan fingerprint density at radius 3 is 1.77 bits per heavy atom. The van der Waals surface area contributed by atoms with Crippen LogP contribution in [-0.2, 0) is 51.2 Å². The maximum absolute atomic E-state index is 15.0. The molecule has 13 heteroatoms. The van der Waals surface area contributed by atoms with Crippen molar-refractivity contribution in [2.45, 2.75) is 76.6 Å². The predicted octanol–water partition coefficient (Wildman–Crippen LogP) is 6.31. The lowest BCUT2D eigenvalue weighted by Crippen LogP contribution is -2.63. The quantitative estimate of drug-likeness (QED) is 0.0854. The fourth-order valence-corrected chi connectivity index (χ4v) is 6.85. The maximum Gasteiger partial charge on any atom is 0.377 e. The molecule has 0 bridgehead atoms. The van der Waals surface area contributed by atoms with Crippen LogP contribution in [-0.4, -0.2) is 80.1 Å². The number of hydrogen-bond acceptors (Lipinski definition) is 9. The number of carboxylic acids is 3. The third kappa shape index (κ3) is 8.74. The first-order valence-electron chi connectivity index (χ1n) is 18.0. The number of para-hydroxylation sites is 1. The van der Waals surface area contributed by atoms with Crippen LogP contribution in [0.5, 0.6) is 11.5 Å². The van der Waals surface area contributed by atoms with Gasteiger partial charge in [0.05, 0.1) is 0 Å². The van der Waals surface area contributed by atoms with Gasteiger partial charge in [0.15, 0.2) is 6.10 Å². The third-order valence-corrected chi connectivity index (χ3v) is 9.95. The van der Waals surface area contributed by atoms with Crippen LogP contribution in [0.4, 0.5) is 0 Å². The standard InChI is InChI=1S/C43H45NO12/c1-28(34(25-20-29-14-8-5-9-15-29)31-21-23-33(24-22-31)54-32-18-12-7-13-19-32)44(26-35(45)53-27-30-16-10-6-11-17-30)37(46)36-42(38(47)48,41(2,3)4)56-43(55-36,39(49)50)40(51)52/h5-19,21-24,28,34,36H,20,25-27H2,1-4H3,(H,47,48)(H,49,50)(H,51,52)/t28-,34+,36-,42+/m1/s1. The van der Waals surface area contributed by atoms with Gasteiger partial charge in [-0.05, 0) is 60.7 Å². The number of amides is 1. The summed E-state index contributed by atoms with van der Waals surface area (Å²) in [4.78, 5) is 67.9. The van der Waals surface area contributed by atoms with Gasteiger partial charge in [0.25, 0.3) is 5.91 Å². The van der Waals surface area contributed by atoms with Crippen molar-refractivity contribution < 1.29 is 58.2 Å². The number of nitrogens with zero attached hydrogens (tertiary/aromatic N) is 1. The number of esters is 1. The normalized spacial score (nSPS) is 18.6. The minimum absolute atomic E-state index is 0.137. The summed E-state index contributed by atoms with van der Waals surface area (Å²) in [6.07, 6.45) is -1.39. The van der Waals surface area contributed by atoms with E-state index < -0.39 is 71.2 Å². The van der Waals surface area contributed by atoms with Gasteiger partial charge >= 0.3 is 29.7 Å². The van der Waals surface area contributed by atoms with Gasteiger partial charge in [0, 0.05) is 17.4 Å². The Morgan fingerprint density at radius 2 is 1.25 bits per heavy atom. The van der Waals surface area contributed by atoms with Crippen molar-refractivity contribution in [3.63, 3.8) is 0 Å². The Bertz CT molecular complexity index is 1980. The summed E-state index contributed by atoms with van der Waals surface area (Å²) in [5, 5.41) is 30.9. The van der Waals surface area contributed by atoms with Gasteiger partial charge in [-0.15, -0.1) is 0 Å². The van der Waals surface area contributed by atoms with E-state index >= 15 is 4.79 Å². The van der Waals surface area contributed by atoms with E-state index in [0.29, 0.717) is 29.9 Å². The molecule has 1 aliphatic rings. The highest BCUT2D eigenvalue weighted by molar-refractivity contribution is 6.03. The van der Waals surface area contributed by atoms with Crippen molar-refractivity contribution in [3.05, 3.63) is 132 Å². The highest BCUT2D eigenvalue weighted by Gasteiger charge is 2.75. The molecule has 0 aromatic heterocycles. The average Bonchev–Trinajstić information content (AvgIpc) is 3.58. The molecule has 1 amide bonds. The van der Waals surface area contributed by atoms with Gasteiger partial charge in [-0.3, -0.25) is 9.59 Å². The zero-order valence-electron chi connectivity index (χ0n) is 31.5. The molecule has 4 atom stereocenters. The van der Waals surface area contributed by atoms with Crippen molar-refractivity contribution >= 4 is 29.8 Å². The molecule has 0 spiro atoms. The Labute approximate surface area is 324 Å². The van der Waals surface area contributed by atoms with Gasteiger partial charge in [0.2, 0.25) is 5.60 Å². The number of ether oxygens (including phenoxy) is 4. The minimum atomic E-state index is -3.56. The number of aryl methyl sites for hydroxylation is 1. The molecule has 1 fully saturated rings. The summed E-state index contributed by atoms with van der Waals surface area (Å²) in [6.45, 7) is 4.87. The zero-order chi connectivity index (χ0) is 40.7. The first-order chi connectivity index (χ1) is 26.6. The van der Waals surface area contributed by atoms with Crippen molar-refractivity contribution in [2.75, 3.05) is 6.54 Å². The van der Waals surface area contributed by atoms with E-state index in [4.69, 9.17) is 18.9 Å². The Kier molecular flexibility index (Phi) is 12.6. The van der Waals surface area contributed by atoms with Crippen LogP contribution in [0.25, 0.3) is 0 Å². The molecule has 13 nitrogen and oxygen atoms in total. The molecule has 4 aromatic carbocycles. The van der Waals surface area contributed by atoms with Gasteiger partial charge < -0.3 is 39.2 Å². The van der Waals surface area contributed by atoms with Crippen molar-refractivity contribution in [2.24, 2.45) is 5.41 Å². The smallest absolute Gasteiger partial charge is 0.377 e. The van der Waals surface area contributed by atoms with Crippen LogP contribution < -0.4 is 4.74 Å². The van der Waals surface area contributed by atoms with Crippen LogP contribution >= 0.6 is 0 Å². The summed E-state index contributed by atoms with van der Waals surface area (Å²) in [5.41, 5.74) is -2.08. The summed E-state index contributed by atoms with van der Waals surface area (Å²) in [5.74, 6) is -11.1. The van der Waals surface area contributed by atoms with Gasteiger partial charge in [-0.1, -0.05) is 112 Å². The molecule has 1 aliphatic heterocycles. The molecule has 0 radical (unpaired) electrons.